The molecule has 0 aromatic heterocycles. The van der Waals surface area contributed by atoms with Crippen LogP contribution in [0.1, 0.15) is 24.8 Å². The van der Waals surface area contributed by atoms with Crippen molar-refractivity contribution in [2.75, 3.05) is 19.6 Å². The Morgan fingerprint density at radius 2 is 2.20 bits per heavy atom. The summed E-state index contributed by atoms with van der Waals surface area (Å²) in [5.41, 5.74) is 0.339. The Bertz CT molecular complexity index is 535. The SMILES string of the molecule is C[C@@H]1CNCCN1C(=O)C1CC1c1cc(F)ccc1F. The van der Waals surface area contributed by atoms with Crippen LogP contribution in [0.25, 0.3) is 0 Å². The predicted octanol–water partition coefficient (Wildman–Crippen LogP) is 1.89. The number of carbonyl (C=O) groups excluding carboxylic acids is 1. The van der Waals surface area contributed by atoms with Crippen LogP contribution in [0.2, 0.25) is 0 Å². The molecule has 1 saturated carbocycles. The van der Waals surface area contributed by atoms with Crippen LogP contribution in [0.15, 0.2) is 18.2 Å². The number of rotatable bonds is 2. The molecule has 3 nitrogen and oxygen atoms in total. The standard InChI is InChI=1S/C15H18F2N2O/c1-9-8-18-4-5-19(9)15(20)13-7-11(13)12-6-10(16)2-3-14(12)17/h2-3,6,9,11,13,18H,4-5,7-8H2,1H3/t9-,11?,13?/m1/s1. The minimum Gasteiger partial charge on any atom is -0.337 e. The molecule has 1 aromatic carbocycles. The second-order valence-corrected chi connectivity index (χ2v) is 5.70. The molecule has 2 fully saturated rings. The monoisotopic (exact) mass is 280 g/mol. The summed E-state index contributed by atoms with van der Waals surface area (Å²) in [6.07, 6.45) is 0.621. The van der Waals surface area contributed by atoms with Gasteiger partial charge in [-0.1, -0.05) is 0 Å². The summed E-state index contributed by atoms with van der Waals surface area (Å²) < 4.78 is 26.9. The van der Waals surface area contributed by atoms with Gasteiger partial charge in [0, 0.05) is 31.6 Å². The van der Waals surface area contributed by atoms with E-state index in [2.05, 4.69) is 5.32 Å². The maximum Gasteiger partial charge on any atom is 0.226 e. The minimum atomic E-state index is -0.449. The van der Waals surface area contributed by atoms with Gasteiger partial charge in [0.05, 0.1) is 0 Å². The molecule has 5 heteroatoms. The number of halogens is 2. The first-order valence-electron chi connectivity index (χ1n) is 7.04. The Kier molecular flexibility index (Phi) is 3.46. The van der Waals surface area contributed by atoms with Crippen molar-refractivity contribution in [2.24, 2.45) is 5.92 Å². The van der Waals surface area contributed by atoms with Crippen molar-refractivity contribution in [1.29, 1.82) is 0 Å². The highest BCUT2D eigenvalue weighted by Gasteiger charge is 2.47. The van der Waals surface area contributed by atoms with E-state index in [1.54, 1.807) is 0 Å². The molecule has 3 atom stereocenters. The van der Waals surface area contributed by atoms with E-state index in [0.29, 0.717) is 18.5 Å². The van der Waals surface area contributed by atoms with Crippen molar-refractivity contribution in [3.63, 3.8) is 0 Å². The number of hydrogen-bond donors (Lipinski definition) is 1. The molecule has 20 heavy (non-hydrogen) atoms. The second-order valence-electron chi connectivity index (χ2n) is 5.70. The third-order valence-corrected chi connectivity index (χ3v) is 4.25. The Balaban J connectivity index is 1.72. The summed E-state index contributed by atoms with van der Waals surface area (Å²) in [6.45, 7) is 4.28. The molecule has 2 aliphatic rings. The molecule has 1 heterocycles. The van der Waals surface area contributed by atoms with Gasteiger partial charge < -0.3 is 10.2 Å². The molecule has 0 spiro atoms. The first-order valence-corrected chi connectivity index (χ1v) is 7.04. The summed E-state index contributed by atoms with van der Waals surface area (Å²) in [7, 11) is 0. The topological polar surface area (TPSA) is 32.3 Å². The van der Waals surface area contributed by atoms with Crippen molar-refractivity contribution in [2.45, 2.75) is 25.3 Å². The highest BCUT2D eigenvalue weighted by atomic mass is 19.1. The fourth-order valence-corrected chi connectivity index (χ4v) is 2.99. The van der Waals surface area contributed by atoms with Gasteiger partial charge >= 0.3 is 0 Å². The number of amides is 1. The van der Waals surface area contributed by atoms with E-state index in [1.165, 1.54) is 6.07 Å². The molecule has 1 N–H and O–H groups in total. The Labute approximate surface area is 117 Å². The average molecular weight is 280 g/mol. The molecule has 2 unspecified atom stereocenters. The van der Waals surface area contributed by atoms with Gasteiger partial charge in [-0.3, -0.25) is 4.79 Å². The van der Waals surface area contributed by atoms with E-state index in [-0.39, 0.29) is 23.8 Å². The molecular formula is C15H18F2N2O. The number of carbonyl (C=O) groups is 1. The zero-order valence-corrected chi connectivity index (χ0v) is 11.4. The van der Waals surface area contributed by atoms with E-state index < -0.39 is 11.6 Å². The smallest absolute Gasteiger partial charge is 0.226 e. The van der Waals surface area contributed by atoms with Gasteiger partial charge in [-0.15, -0.1) is 0 Å². The Morgan fingerprint density at radius 1 is 1.40 bits per heavy atom. The lowest BCUT2D eigenvalue weighted by Gasteiger charge is -2.34. The molecule has 0 bridgehead atoms. The summed E-state index contributed by atoms with van der Waals surface area (Å²) >= 11 is 0. The molecule has 1 aliphatic heterocycles. The van der Waals surface area contributed by atoms with Crippen molar-refractivity contribution in [3.05, 3.63) is 35.4 Å². The van der Waals surface area contributed by atoms with Crippen LogP contribution in [0.4, 0.5) is 8.78 Å². The first-order chi connectivity index (χ1) is 9.58. The van der Waals surface area contributed by atoms with E-state index in [9.17, 15) is 13.6 Å². The van der Waals surface area contributed by atoms with E-state index in [4.69, 9.17) is 0 Å². The van der Waals surface area contributed by atoms with Crippen LogP contribution in [0.5, 0.6) is 0 Å². The summed E-state index contributed by atoms with van der Waals surface area (Å²) in [5.74, 6) is -1.14. The fraction of sp³-hybridized carbons (Fsp3) is 0.533. The number of nitrogens with one attached hydrogen (secondary N) is 1. The highest BCUT2D eigenvalue weighted by Crippen LogP contribution is 2.49. The highest BCUT2D eigenvalue weighted by molar-refractivity contribution is 5.83. The van der Waals surface area contributed by atoms with Gasteiger partial charge in [0.25, 0.3) is 0 Å². The molecule has 3 rings (SSSR count). The van der Waals surface area contributed by atoms with E-state index in [0.717, 1.165) is 25.2 Å². The molecular weight excluding hydrogens is 262 g/mol. The third-order valence-electron chi connectivity index (χ3n) is 4.25. The Morgan fingerprint density at radius 3 is 2.95 bits per heavy atom. The summed E-state index contributed by atoms with van der Waals surface area (Å²) in [4.78, 5) is 14.3. The lowest BCUT2D eigenvalue weighted by molar-refractivity contribution is -0.135. The predicted molar refractivity (Wildman–Crippen MR) is 71.3 cm³/mol. The quantitative estimate of drug-likeness (QED) is 0.897. The lowest BCUT2D eigenvalue weighted by atomic mass is 10.1. The number of piperazine rings is 1. The van der Waals surface area contributed by atoms with Gasteiger partial charge in [-0.25, -0.2) is 8.78 Å². The van der Waals surface area contributed by atoms with Gasteiger partial charge in [0.1, 0.15) is 11.6 Å². The molecule has 0 radical (unpaired) electrons. The molecule has 1 aliphatic carbocycles. The zero-order valence-electron chi connectivity index (χ0n) is 11.4. The maximum atomic E-state index is 13.7. The van der Waals surface area contributed by atoms with Crippen LogP contribution >= 0.6 is 0 Å². The van der Waals surface area contributed by atoms with Crippen molar-refractivity contribution in [1.82, 2.24) is 10.2 Å². The van der Waals surface area contributed by atoms with Crippen LogP contribution in [-0.2, 0) is 4.79 Å². The average Bonchev–Trinajstić information content (AvgIpc) is 3.21. The molecule has 1 saturated heterocycles. The summed E-state index contributed by atoms with van der Waals surface area (Å²) in [6, 6.07) is 3.62. The Hall–Kier alpha value is -1.49. The number of nitrogens with zero attached hydrogens (tertiary/aromatic N) is 1. The fourth-order valence-electron chi connectivity index (χ4n) is 2.99. The number of hydrogen-bond acceptors (Lipinski definition) is 2. The largest absolute Gasteiger partial charge is 0.337 e. The van der Waals surface area contributed by atoms with Crippen LogP contribution in [-0.4, -0.2) is 36.5 Å². The maximum absolute atomic E-state index is 13.7. The zero-order chi connectivity index (χ0) is 14.3. The van der Waals surface area contributed by atoms with Gasteiger partial charge in [-0.2, -0.15) is 0 Å². The number of benzene rings is 1. The normalized spacial score (nSPS) is 29.4. The molecule has 1 aromatic rings. The van der Waals surface area contributed by atoms with Crippen molar-refractivity contribution >= 4 is 5.91 Å². The lowest BCUT2D eigenvalue weighted by Crippen LogP contribution is -2.52. The summed E-state index contributed by atoms with van der Waals surface area (Å²) in [5, 5.41) is 3.23. The van der Waals surface area contributed by atoms with Gasteiger partial charge in [0.2, 0.25) is 5.91 Å². The third kappa shape index (κ3) is 2.42. The van der Waals surface area contributed by atoms with Gasteiger partial charge in [0.15, 0.2) is 0 Å². The van der Waals surface area contributed by atoms with Crippen LogP contribution in [0, 0.1) is 17.6 Å². The van der Waals surface area contributed by atoms with Crippen molar-refractivity contribution < 1.29 is 13.6 Å². The van der Waals surface area contributed by atoms with E-state index >= 15 is 0 Å². The molecule has 1 amide bonds. The van der Waals surface area contributed by atoms with Crippen molar-refractivity contribution in [3.8, 4) is 0 Å². The van der Waals surface area contributed by atoms with Gasteiger partial charge in [-0.05, 0) is 43.0 Å². The molecule has 108 valence electrons. The first kappa shape index (κ1) is 13.5. The van der Waals surface area contributed by atoms with Crippen LogP contribution < -0.4 is 5.32 Å². The second kappa shape index (κ2) is 5.13. The van der Waals surface area contributed by atoms with Crippen LogP contribution in [0.3, 0.4) is 0 Å². The minimum absolute atomic E-state index is 0.0765. The van der Waals surface area contributed by atoms with E-state index in [1.807, 2.05) is 11.8 Å².